The molecule has 0 aliphatic carbocycles. The van der Waals surface area contributed by atoms with Gasteiger partial charge in [-0.15, -0.1) is 11.8 Å². The molecule has 0 bridgehead atoms. The highest BCUT2D eigenvalue weighted by Gasteiger charge is 2.36. The maximum absolute atomic E-state index is 12.4. The molecule has 1 saturated heterocycles. The molecule has 2 aromatic rings. The van der Waals surface area contributed by atoms with E-state index in [1.54, 1.807) is 29.0 Å². The van der Waals surface area contributed by atoms with Crippen LogP contribution in [0.4, 0.5) is 5.69 Å². The highest BCUT2D eigenvalue weighted by molar-refractivity contribution is 8.00. The highest BCUT2D eigenvalue weighted by Crippen LogP contribution is 2.44. The summed E-state index contributed by atoms with van der Waals surface area (Å²) in [6.07, 6.45) is 1.63. The van der Waals surface area contributed by atoms with Crippen LogP contribution in [0.15, 0.2) is 34.9 Å². The van der Waals surface area contributed by atoms with Crippen LogP contribution in [0.1, 0.15) is 42.0 Å². The molecule has 1 aliphatic heterocycles. The van der Waals surface area contributed by atoms with Gasteiger partial charge >= 0.3 is 0 Å². The van der Waals surface area contributed by atoms with Crippen molar-refractivity contribution in [2.45, 2.75) is 32.1 Å². The largest absolute Gasteiger partial charge is 0.508 e. The van der Waals surface area contributed by atoms with E-state index in [1.165, 1.54) is 0 Å². The lowest BCUT2D eigenvalue weighted by atomic mass is 9.98. The fraction of sp³-hybridized carbons (Fsp3) is 0.353. The van der Waals surface area contributed by atoms with Gasteiger partial charge in [0, 0.05) is 5.69 Å². The molecule has 22 heavy (non-hydrogen) atoms. The Balaban J connectivity index is 2.08. The number of carbonyl (C=O) groups excluding carboxylic acids is 1. The summed E-state index contributed by atoms with van der Waals surface area (Å²) in [5, 5.41) is 9.97. The zero-order valence-electron chi connectivity index (χ0n) is 12.9. The molecule has 1 amide bonds. The van der Waals surface area contributed by atoms with Gasteiger partial charge in [-0.25, -0.2) is 0 Å². The summed E-state index contributed by atoms with van der Waals surface area (Å²) in [6.45, 7) is 5.96. The van der Waals surface area contributed by atoms with Crippen LogP contribution in [-0.2, 0) is 4.79 Å². The maximum atomic E-state index is 12.4. The summed E-state index contributed by atoms with van der Waals surface area (Å²) in [5.74, 6) is 1.74. The van der Waals surface area contributed by atoms with Gasteiger partial charge in [0.1, 0.15) is 16.9 Å². The summed E-state index contributed by atoms with van der Waals surface area (Å²) < 4.78 is 5.49. The number of rotatable bonds is 3. The van der Waals surface area contributed by atoms with E-state index in [2.05, 4.69) is 0 Å². The number of aryl methyl sites for hydroxylation is 1. The molecule has 4 nitrogen and oxygen atoms in total. The number of amides is 1. The van der Waals surface area contributed by atoms with Gasteiger partial charge in [0.2, 0.25) is 5.91 Å². The Labute approximate surface area is 134 Å². The lowest BCUT2D eigenvalue weighted by Gasteiger charge is -2.25. The second kappa shape index (κ2) is 5.72. The third-order valence-corrected chi connectivity index (χ3v) is 5.05. The number of carbonyl (C=O) groups is 1. The van der Waals surface area contributed by atoms with Gasteiger partial charge in [-0.05, 0) is 48.2 Å². The Kier molecular flexibility index (Phi) is 3.91. The van der Waals surface area contributed by atoms with Crippen LogP contribution in [0.25, 0.3) is 0 Å². The predicted octanol–water partition coefficient (Wildman–Crippen LogP) is 4.20. The molecule has 1 unspecified atom stereocenters. The van der Waals surface area contributed by atoms with Crippen molar-refractivity contribution in [1.82, 2.24) is 0 Å². The first-order valence-electron chi connectivity index (χ1n) is 7.29. The average Bonchev–Trinajstić information content (AvgIpc) is 3.08. The fourth-order valence-electron chi connectivity index (χ4n) is 2.75. The molecule has 1 aliphatic rings. The van der Waals surface area contributed by atoms with Crippen molar-refractivity contribution >= 4 is 23.4 Å². The lowest BCUT2D eigenvalue weighted by molar-refractivity contribution is -0.115. The van der Waals surface area contributed by atoms with Crippen molar-refractivity contribution in [3.05, 3.63) is 47.4 Å². The number of phenols is 1. The van der Waals surface area contributed by atoms with Crippen LogP contribution in [0.5, 0.6) is 5.75 Å². The minimum atomic E-state index is -0.147. The number of furan rings is 1. The molecule has 0 saturated carbocycles. The Bertz CT molecular complexity index is 694. The molecule has 1 aromatic carbocycles. The van der Waals surface area contributed by atoms with E-state index in [9.17, 15) is 9.90 Å². The second-order valence-electron chi connectivity index (χ2n) is 5.79. The average molecular weight is 317 g/mol. The van der Waals surface area contributed by atoms with Crippen LogP contribution >= 0.6 is 11.8 Å². The molecular formula is C17H19NO3S. The van der Waals surface area contributed by atoms with Crippen LogP contribution in [0.2, 0.25) is 0 Å². The number of phenolic OH excluding ortho intramolecular Hbond substituents is 1. The maximum Gasteiger partial charge on any atom is 0.238 e. The van der Waals surface area contributed by atoms with Gasteiger partial charge in [0.05, 0.1) is 12.0 Å². The summed E-state index contributed by atoms with van der Waals surface area (Å²) >= 11 is 1.56. The van der Waals surface area contributed by atoms with Crippen LogP contribution < -0.4 is 4.90 Å². The van der Waals surface area contributed by atoms with Gasteiger partial charge in [-0.2, -0.15) is 0 Å². The smallest absolute Gasteiger partial charge is 0.238 e. The monoisotopic (exact) mass is 317 g/mol. The summed E-state index contributed by atoms with van der Waals surface area (Å²) in [6, 6.07) is 7.39. The van der Waals surface area contributed by atoms with E-state index in [1.807, 2.05) is 39.0 Å². The van der Waals surface area contributed by atoms with E-state index in [0.29, 0.717) is 5.75 Å². The minimum Gasteiger partial charge on any atom is -0.508 e. The molecule has 3 rings (SSSR count). The number of hydrogen-bond donors (Lipinski definition) is 1. The third kappa shape index (κ3) is 2.50. The number of aromatic hydroxyl groups is 1. The number of anilines is 1. The fourth-order valence-corrected chi connectivity index (χ4v) is 3.86. The quantitative estimate of drug-likeness (QED) is 0.922. The molecule has 2 heterocycles. The first kappa shape index (κ1) is 15.0. The first-order chi connectivity index (χ1) is 10.5. The molecule has 1 aromatic heterocycles. The van der Waals surface area contributed by atoms with E-state index >= 15 is 0 Å². The molecule has 1 fully saturated rings. The second-order valence-corrected chi connectivity index (χ2v) is 6.86. The number of hydrogen-bond acceptors (Lipinski definition) is 4. The van der Waals surface area contributed by atoms with Gasteiger partial charge in [0.25, 0.3) is 0 Å². The zero-order valence-corrected chi connectivity index (χ0v) is 13.7. The van der Waals surface area contributed by atoms with E-state index in [4.69, 9.17) is 4.42 Å². The van der Waals surface area contributed by atoms with Crippen LogP contribution in [0.3, 0.4) is 0 Å². The van der Waals surface area contributed by atoms with Crippen molar-refractivity contribution in [3.63, 3.8) is 0 Å². The number of thioether (sulfide) groups is 1. The van der Waals surface area contributed by atoms with E-state index in [-0.39, 0.29) is 22.9 Å². The standard InChI is InChI=1S/C17H19NO3S/c1-10(2)12-8-13(11(3)7-14(12)19)18-16(20)9-22-17(18)15-5-4-6-21-15/h4-8,10,17,19H,9H2,1-3H3. The summed E-state index contributed by atoms with van der Waals surface area (Å²) in [4.78, 5) is 14.2. The normalized spacial score (nSPS) is 18.5. The number of nitrogens with zero attached hydrogens (tertiary/aromatic N) is 1. The van der Waals surface area contributed by atoms with E-state index in [0.717, 1.165) is 22.6 Å². The van der Waals surface area contributed by atoms with E-state index < -0.39 is 0 Å². The van der Waals surface area contributed by atoms with Crippen molar-refractivity contribution in [2.75, 3.05) is 10.7 Å². The van der Waals surface area contributed by atoms with Crippen molar-refractivity contribution in [1.29, 1.82) is 0 Å². The molecule has 1 atom stereocenters. The van der Waals surface area contributed by atoms with Crippen LogP contribution in [0, 0.1) is 6.92 Å². The molecule has 5 heteroatoms. The predicted molar refractivity (Wildman–Crippen MR) is 88.3 cm³/mol. The molecule has 116 valence electrons. The Morgan fingerprint density at radius 1 is 1.41 bits per heavy atom. The van der Waals surface area contributed by atoms with Crippen molar-refractivity contribution in [3.8, 4) is 5.75 Å². The zero-order chi connectivity index (χ0) is 15.9. The van der Waals surface area contributed by atoms with Crippen LogP contribution in [-0.4, -0.2) is 16.8 Å². The van der Waals surface area contributed by atoms with Gasteiger partial charge in [0.15, 0.2) is 0 Å². The Morgan fingerprint density at radius 3 is 2.82 bits per heavy atom. The summed E-state index contributed by atoms with van der Waals surface area (Å²) in [7, 11) is 0. The number of benzene rings is 1. The molecule has 1 N–H and O–H groups in total. The molecule has 0 spiro atoms. The van der Waals surface area contributed by atoms with Gasteiger partial charge in [-0.3, -0.25) is 9.69 Å². The van der Waals surface area contributed by atoms with Crippen molar-refractivity contribution in [2.24, 2.45) is 0 Å². The topological polar surface area (TPSA) is 53.7 Å². The molecular weight excluding hydrogens is 298 g/mol. The lowest BCUT2D eigenvalue weighted by Crippen LogP contribution is -2.28. The SMILES string of the molecule is Cc1cc(O)c(C(C)C)cc1N1C(=O)CSC1c1ccco1. The first-order valence-corrected chi connectivity index (χ1v) is 8.34. The highest BCUT2D eigenvalue weighted by atomic mass is 32.2. The van der Waals surface area contributed by atoms with Gasteiger partial charge in [-0.1, -0.05) is 13.8 Å². The Hall–Kier alpha value is -1.88. The third-order valence-electron chi connectivity index (χ3n) is 3.88. The van der Waals surface area contributed by atoms with Gasteiger partial charge < -0.3 is 9.52 Å². The van der Waals surface area contributed by atoms with Crippen molar-refractivity contribution < 1.29 is 14.3 Å². The Morgan fingerprint density at radius 2 is 2.18 bits per heavy atom. The molecule has 0 radical (unpaired) electrons. The summed E-state index contributed by atoms with van der Waals surface area (Å²) in [5.41, 5.74) is 2.58. The minimum absolute atomic E-state index is 0.0647.